The Morgan fingerprint density at radius 1 is 1.41 bits per heavy atom. The maximum Gasteiger partial charge on any atom is 0.387 e. The van der Waals surface area contributed by atoms with Crippen molar-refractivity contribution in [1.29, 1.82) is 0 Å². The second kappa shape index (κ2) is 6.76. The van der Waals surface area contributed by atoms with Crippen LogP contribution in [-0.4, -0.2) is 19.8 Å². The summed E-state index contributed by atoms with van der Waals surface area (Å²) in [6.07, 6.45) is 0.646. The largest absolute Gasteiger partial charge is 0.490 e. The predicted octanol–water partition coefficient (Wildman–Crippen LogP) is 2.95. The number of hydrogen-bond donors (Lipinski definition) is 1. The smallest absolute Gasteiger partial charge is 0.387 e. The van der Waals surface area contributed by atoms with E-state index in [9.17, 15) is 8.78 Å². The maximum absolute atomic E-state index is 12.3. The summed E-state index contributed by atoms with van der Waals surface area (Å²) in [7, 11) is 0. The Kier molecular flexibility index (Phi) is 5.64. The molecular weight excluding hydrogens is 296 g/mol. The second-order valence-electron chi connectivity index (χ2n) is 3.26. The fourth-order valence-corrected chi connectivity index (χ4v) is 1.98. The van der Waals surface area contributed by atoms with Crippen LogP contribution in [0.2, 0.25) is 0 Å². The molecule has 0 heterocycles. The van der Waals surface area contributed by atoms with Gasteiger partial charge in [-0.05, 0) is 53.5 Å². The van der Waals surface area contributed by atoms with E-state index in [0.29, 0.717) is 29.8 Å². The monoisotopic (exact) mass is 309 g/mol. The highest BCUT2D eigenvalue weighted by molar-refractivity contribution is 9.10. The molecule has 0 aliphatic rings. The van der Waals surface area contributed by atoms with Gasteiger partial charge in [-0.25, -0.2) is 0 Å². The lowest BCUT2D eigenvalue weighted by Gasteiger charge is -2.14. The minimum Gasteiger partial charge on any atom is -0.490 e. The quantitative estimate of drug-likeness (QED) is 0.878. The van der Waals surface area contributed by atoms with Crippen molar-refractivity contribution in [2.24, 2.45) is 5.73 Å². The zero-order valence-electron chi connectivity index (χ0n) is 9.38. The van der Waals surface area contributed by atoms with Crippen molar-refractivity contribution in [2.75, 3.05) is 13.2 Å². The summed E-state index contributed by atoms with van der Waals surface area (Å²) < 4.78 is 34.6. The first-order valence-electron chi connectivity index (χ1n) is 5.18. The molecule has 3 nitrogen and oxygen atoms in total. The number of alkyl halides is 2. The van der Waals surface area contributed by atoms with E-state index in [4.69, 9.17) is 10.5 Å². The van der Waals surface area contributed by atoms with E-state index >= 15 is 0 Å². The van der Waals surface area contributed by atoms with Crippen LogP contribution in [0.4, 0.5) is 8.78 Å². The summed E-state index contributed by atoms with van der Waals surface area (Å²) in [6, 6.07) is 3.37. The molecule has 0 bridgehead atoms. The lowest BCUT2D eigenvalue weighted by molar-refractivity contribution is -0.0519. The summed E-state index contributed by atoms with van der Waals surface area (Å²) in [6.45, 7) is -0.258. The van der Waals surface area contributed by atoms with Gasteiger partial charge in [0.25, 0.3) is 0 Å². The van der Waals surface area contributed by atoms with Crippen LogP contribution in [0.1, 0.15) is 12.5 Å². The molecule has 1 aromatic carbocycles. The lowest BCUT2D eigenvalue weighted by Crippen LogP contribution is -2.07. The van der Waals surface area contributed by atoms with Gasteiger partial charge in [-0.2, -0.15) is 8.78 Å². The van der Waals surface area contributed by atoms with Crippen LogP contribution < -0.4 is 15.2 Å². The first kappa shape index (κ1) is 14.2. The van der Waals surface area contributed by atoms with Crippen LogP contribution in [0.3, 0.4) is 0 Å². The molecule has 0 aromatic heterocycles. The van der Waals surface area contributed by atoms with Gasteiger partial charge in [-0.3, -0.25) is 0 Å². The van der Waals surface area contributed by atoms with Gasteiger partial charge in [-0.15, -0.1) is 0 Å². The third-order valence-corrected chi connectivity index (χ3v) is 2.60. The lowest BCUT2D eigenvalue weighted by atomic mass is 10.1. The van der Waals surface area contributed by atoms with Gasteiger partial charge in [0.1, 0.15) is 0 Å². The van der Waals surface area contributed by atoms with Gasteiger partial charge >= 0.3 is 6.61 Å². The van der Waals surface area contributed by atoms with Crippen LogP contribution in [0.5, 0.6) is 11.5 Å². The first-order chi connectivity index (χ1) is 8.08. The Labute approximate surface area is 107 Å². The standard InChI is InChI=1S/C11H14BrF2NO2/c1-2-16-9-6-7(3-4-15)5-8(12)10(9)17-11(13)14/h5-6,11H,2-4,15H2,1H3. The van der Waals surface area contributed by atoms with Crippen molar-refractivity contribution in [3.8, 4) is 11.5 Å². The highest BCUT2D eigenvalue weighted by Crippen LogP contribution is 2.37. The summed E-state index contributed by atoms with van der Waals surface area (Å²) >= 11 is 3.19. The average Bonchev–Trinajstić information content (AvgIpc) is 2.23. The zero-order chi connectivity index (χ0) is 12.8. The summed E-state index contributed by atoms with van der Waals surface area (Å²) in [5.41, 5.74) is 6.35. The number of nitrogens with two attached hydrogens (primary N) is 1. The molecule has 0 aliphatic carbocycles. The number of rotatable bonds is 6. The molecule has 0 saturated heterocycles. The third-order valence-electron chi connectivity index (χ3n) is 2.01. The summed E-state index contributed by atoms with van der Waals surface area (Å²) in [5.74, 6) is 0.313. The minimum absolute atomic E-state index is 0.0163. The highest BCUT2D eigenvalue weighted by Gasteiger charge is 2.16. The van der Waals surface area contributed by atoms with E-state index in [2.05, 4.69) is 20.7 Å². The number of halogens is 3. The molecule has 0 atom stereocenters. The average molecular weight is 310 g/mol. The van der Waals surface area contributed by atoms with E-state index in [1.807, 2.05) is 0 Å². The Hall–Kier alpha value is -0.880. The molecule has 96 valence electrons. The zero-order valence-corrected chi connectivity index (χ0v) is 11.0. The molecule has 2 N–H and O–H groups in total. The van der Waals surface area contributed by atoms with E-state index in [1.165, 1.54) is 0 Å². The van der Waals surface area contributed by atoms with E-state index in [-0.39, 0.29) is 5.75 Å². The van der Waals surface area contributed by atoms with Crippen molar-refractivity contribution in [2.45, 2.75) is 20.0 Å². The molecule has 0 radical (unpaired) electrons. The van der Waals surface area contributed by atoms with Crippen molar-refractivity contribution in [3.63, 3.8) is 0 Å². The fraction of sp³-hybridized carbons (Fsp3) is 0.455. The fourth-order valence-electron chi connectivity index (χ4n) is 1.40. The molecule has 0 amide bonds. The summed E-state index contributed by atoms with van der Waals surface area (Å²) in [5, 5.41) is 0. The Balaban J connectivity index is 3.08. The Morgan fingerprint density at radius 2 is 2.12 bits per heavy atom. The van der Waals surface area contributed by atoms with Crippen LogP contribution in [0, 0.1) is 0 Å². The van der Waals surface area contributed by atoms with Crippen molar-refractivity contribution in [3.05, 3.63) is 22.2 Å². The van der Waals surface area contributed by atoms with Crippen molar-refractivity contribution in [1.82, 2.24) is 0 Å². The van der Waals surface area contributed by atoms with Crippen molar-refractivity contribution >= 4 is 15.9 Å². The normalized spacial score (nSPS) is 10.7. The van der Waals surface area contributed by atoms with Gasteiger partial charge in [0, 0.05) is 0 Å². The number of ether oxygens (including phenoxy) is 2. The van der Waals surface area contributed by atoms with Crippen LogP contribution in [0.25, 0.3) is 0 Å². The molecule has 17 heavy (non-hydrogen) atoms. The SMILES string of the molecule is CCOc1cc(CCN)cc(Br)c1OC(F)F. The number of hydrogen-bond acceptors (Lipinski definition) is 3. The van der Waals surface area contributed by atoms with E-state index in [1.54, 1.807) is 19.1 Å². The number of benzene rings is 1. The Morgan fingerprint density at radius 3 is 2.65 bits per heavy atom. The molecule has 0 aliphatic heterocycles. The van der Waals surface area contributed by atoms with Crippen molar-refractivity contribution < 1.29 is 18.3 Å². The molecule has 0 unspecified atom stereocenters. The third kappa shape index (κ3) is 4.12. The second-order valence-corrected chi connectivity index (χ2v) is 4.11. The molecule has 0 fully saturated rings. The first-order valence-corrected chi connectivity index (χ1v) is 5.97. The van der Waals surface area contributed by atoms with Gasteiger partial charge in [0.05, 0.1) is 11.1 Å². The molecule has 0 saturated carbocycles. The van der Waals surface area contributed by atoms with Gasteiger partial charge in [0.15, 0.2) is 11.5 Å². The van der Waals surface area contributed by atoms with E-state index in [0.717, 1.165) is 5.56 Å². The topological polar surface area (TPSA) is 44.5 Å². The molecule has 0 spiro atoms. The maximum atomic E-state index is 12.3. The molecule has 6 heteroatoms. The summed E-state index contributed by atoms with van der Waals surface area (Å²) in [4.78, 5) is 0. The van der Waals surface area contributed by atoms with Crippen LogP contribution in [0.15, 0.2) is 16.6 Å². The van der Waals surface area contributed by atoms with Gasteiger partial charge in [0.2, 0.25) is 0 Å². The van der Waals surface area contributed by atoms with E-state index < -0.39 is 6.61 Å². The molecule has 1 rings (SSSR count). The van der Waals surface area contributed by atoms with Gasteiger partial charge in [-0.1, -0.05) is 0 Å². The highest BCUT2D eigenvalue weighted by atomic mass is 79.9. The van der Waals surface area contributed by atoms with Crippen LogP contribution in [-0.2, 0) is 6.42 Å². The van der Waals surface area contributed by atoms with Gasteiger partial charge < -0.3 is 15.2 Å². The minimum atomic E-state index is -2.88. The predicted molar refractivity (Wildman–Crippen MR) is 64.7 cm³/mol. The molecular formula is C11H14BrF2NO2. The Bertz CT molecular complexity index is 375. The van der Waals surface area contributed by atoms with Crippen LogP contribution >= 0.6 is 15.9 Å². The molecule has 1 aromatic rings.